The van der Waals surface area contributed by atoms with Crippen LogP contribution in [-0.2, 0) is 0 Å². The molecule has 0 saturated heterocycles. The topological polar surface area (TPSA) is 124 Å². The minimum Gasteiger partial charge on any atom is -0.492 e. The van der Waals surface area contributed by atoms with Gasteiger partial charge in [-0.1, -0.05) is 29.8 Å². The van der Waals surface area contributed by atoms with Crippen molar-refractivity contribution in [3.05, 3.63) is 71.2 Å². The van der Waals surface area contributed by atoms with Crippen LogP contribution in [0.25, 0.3) is 0 Å². The molecule has 9 nitrogen and oxygen atoms in total. The lowest BCUT2D eigenvalue weighted by molar-refractivity contribution is 0.100. The predicted octanol–water partition coefficient (Wildman–Crippen LogP) is 5.66. The van der Waals surface area contributed by atoms with E-state index in [4.69, 9.17) is 43.8 Å². The van der Waals surface area contributed by atoms with E-state index in [1.807, 2.05) is 13.8 Å². The number of halogens is 1. The molecule has 3 aromatic carbocycles. The summed E-state index contributed by atoms with van der Waals surface area (Å²) in [6.07, 6.45) is -0.785. The summed E-state index contributed by atoms with van der Waals surface area (Å²) in [7, 11) is 0. The SMILES string of the molecule is CCOc1cc(OCC)c(NC(=S)Nc2ccc(C(N)=O)c(NC(=O)Oc3ccccc3)c2)cc1Cl. The van der Waals surface area contributed by atoms with Gasteiger partial charge in [0.2, 0.25) is 0 Å². The molecule has 0 bridgehead atoms. The van der Waals surface area contributed by atoms with Crippen LogP contribution < -0.4 is 35.9 Å². The molecule has 11 heteroatoms. The molecule has 0 heterocycles. The number of anilines is 3. The smallest absolute Gasteiger partial charge is 0.417 e. The summed E-state index contributed by atoms with van der Waals surface area (Å²) >= 11 is 11.8. The molecule has 0 atom stereocenters. The van der Waals surface area contributed by atoms with E-state index in [0.717, 1.165) is 0 Å². The molecule has 5 N–H and O–H groups in total. The second-order valence-electron chi connectivity index (χ2n) is 7.18. The monoisotopic (exact) mass is 528 g/mol. The average molecular weight is 529 g/mol. The minimum atomic E-state index is -0.785. The van der Waals surface area contributed by atoms with Gasteiger partial charge in [-0.05, 0) is 62.5 Å². The van der Waals surface area contributed by atoms with Gasteiger partial charge in [-0.15, -0.1) is 0 Å². The number of amides is 2. The molecule has 0 aromatic heterocycles. The second-order valence-corrected chi connectivity index (χ2v) is 7.99. The molecule has 0 aliphatic carbocycles. The van der Waals surface area contributed by atoms with E-state index in [1.54, 1.807) is 48.5 Å². The highest BCUT2D eigenvalue weighted by atomic mass is 35.5. The summed E-state index contributed by atoms with van der Waals surface area (Å²) < 4.78 is 16.4. The Bertz CT molecular complexity index is 1260. The van der Waals surface area contributed by atoms with Crippen molar-refractivity contribution in [1.82, 2.24) is 0 Å². The molecule has 0 radical (unpaired) electrons. The van der Waals surface area contributed by atoms with Gasteiger partial charge in [-0.3, -0.25) is 10.1 Å². The Balaban J connectivity index is 1.76. The first kappa shape index (κ1) is 26.6. The first-order valence-electron chi connectivity index (χ1n) is 11.0. The number of ether oxygens (including phenoxy) is 3. The lowest BCUT2D eigenvalue weighted by Crippen LogP contribution is -2.22. The third kappa shape index (κ3) is 7.24. The van der Waals surface area contributed by atoms with E-state index in [9.17, 15) is 9.59 Å². The van der Waals surface area contributed by atoms with E-state index in [1.165, 1.54) is 12.1 Å². The molecule has 0 saturated carbocycles. The summed E-state index contributed by atoms with van der Waals surface area (Å²) in [5.74, 6) is 0.619. The van der Waals surface area contributed by atoms with Crippen molar-refractivity contribution in [3.63, 3.8) is 0 Å². The van der Waals surface area contributed by atoms with Crippen LogP contribution in [-0.4, -0.2) is 30.3 Å². The van der Waals surface area contributed by atoms with Gasteiger partial charge in [0.1, 0.15) is 17.2 Å². The van der Waals surface area contributed by atoms with Crippen molar-refractivity contribution in [2.24, 2.45) is 5.73 Å². The molecule has 0 aliphatic rings. The van der Waals surface area contributed by atoms with Crippen LogP contribution in [0.5, 0.6) is 17.2 Å². The fourth-order valence-electron chi connectivity index (χ4n) is 3.13. The highest BCUT2D eigenvalue weighted by Crippen LogP contribution is 2.36. The number of carbonyl (C=O) groups excluding carboxylic acids is 2. The lowest BCUT2D eigenvalue weighted by atomic mass is 10.1. The Morgan fingerprint density at radius 3 is 2.25 bits per heavy atom. The van der Waals surface area contributed by atoms with Crippen LogP contribution in [0.15, 0.2) is 60.7 Å². The minimum absolute atomic E-state index is 0.0985. The zero-order valence-electron chi connectivity index (χ0n) is 19.6. The molecule has 36 heavy (non-hydrogen) atoms. The van der Waals surface area contributed by atoms with Crippen LogP contribution in [0.4, 0.5) is 21.9 Å². The predicted molar refractivity (Wildman–Crippen MR) is 145 cm³/mol. The zero-order chi connectivity index (χ0) is 26.1. The maximum atomic E-state index is 12.4. The summed E-state index contributed by atoms with van der Waals surface area (Å²) in [5.41, 5.74) is 6.71. The molecule has 0 unspecified atom stereocenters. The zero-order valence-corrected chi connectivity index (χ0v) is 21.2. The molecular formula is C25H25ClN4O5S. The Morgan fingerprint density at radius 1 is 0.889 bits per heavy atom. The molecule has 2 amide bonds. The normalized spacial score (nSPS) is 10.2. The third-order valence-corrected chi connectivity index (χ3v) is 5.11. The number of carbonyl (C=O) groups is 2. The Kier molecular flexibility index (Phi) is 9.32. The highest BCUT2D eigenvalue weighted by molar-refractivity contribution is 7.80. The average Bonchev–Trinajstić information content (AvgIpc) is 2.82. The standard InChI is InChI=1S/C25H25ClN4O5S/c1-3-33-21-14-22(34-4-2)20(13-18(21)26)29-24(36)28-15-10-11-17(23(27)31)19(12-15)30-25(32)35-16-8-6-5-7-9-16/h5-14H,3-4H2,1-2H3,(H2,27,31)(H,30,32)(H2,28,29,36). The summed E-state index contributed by atoms with van der Waals surface area (Å²) in [5, 5.41) is 9.17. The molecule has 0 spiro atoms. The number of nitrogens with two attached hydrogens (primary N) is 1. The van der Waals surface area contributed by atoms with Crippen LogP contribution >= 0.6 is 23.8 Å². The number of nitrogens with one attached hydrogen (secondary N) is 3. The van der Waals surface area contributed by atoms with E-state index in [0.29, 0.717) is 46.9 Å². The number of primary amides is 1. The van der Waals surface area contributed by atoms with Crippen LogP contribution in [0.3, 0.4) is 0 Å². The van der Waals surface area contributed by atoms with Crippen molar-refractivity contribution < 1.29 is 23.8 Å². The van der Waals surface area contributed by atoms with Crippen LogP contribution in [0, 0.1) is 0 Å². The van der Waals surface area contributed by atoms with Crippen molar-refractivity contribution in [3.8, 4) is 17.2 Å². The number of hydrogen-bond acceptors (Lipinski definition) is 6. The molecule has 3 rings (SSSR count). The van der Waals surface area contributed by atoms with Crippen molar-refractivity contribution in [2.45, 2.75) is 13.8 Å². The number of thiocarbonyl (C=S) groups is 1. The molecule has 3 aromatic rings. The summed E-state index contributed by atoms with van der Waals surface area (Å²) in [4.78, 5) is 24.2. The van der Waals surface area contributed by atoms with Crippen molar-refractivity contribution in [1.29, 1.82) is 0 Å². The van der Waals surface area contributed by atoms with Gasteiger partial charge in [0.25, 0.3) is 5.91 Å². The van der Waals surface area contributed by atoms with Gasteiger partial charge in [-0.25, -0.2) is 4.79 Å². The number of rotatable bonds is 9. The van der Waals surface area contributed by atoms with Crippen LogP contribution in [0.2, 0.25) is 5.02 Å². The second kappa shape index (κ2) is 12.6. The van der Waals surface area contributed by atoms with E-state index >= 15 is 0 Å². The Morgan fingerprint density at radius 2 is 1.58 bits per heavy atom. The summed E-state index contributed by atoms with van der Waals surface area (Å²) in [6, 6.07) is 16.4. The summed E-state index contributed by atoms with van der Waals surface area (Å²) in [6.45, 7) is 4.59. The lowest BCUT2D eigenvalue weighted by Gasteiger charge is -2.17. The highest BCUT2D eigenvalue weighted by Gasteiger charge is 2.15. The molecule has 0 aliphatic heterocycles. The fraction of sp³-hybridized carbons (Fsp3) is 0.160. The van der Waals surface area contributed by atoms with Gasteiger partial charge in [0, 0.05) is 11.8 Å². The van der Waals surface area contributed by atoms with Gasteiger partial charge in [0.05, 0.1) is 35.2 Å². The van der Waals surface area contributed by atoms with Gasteiger partial charge < -0.3 is 30.6 Å². The van der Waals surface area contributed by atoms with Crippen molar-refractivity contribution >= 4 is 58.0 Å². The quantitative estimate of drug-likeness (QED) is 0.262. The maximum absolute atomic E-state index is 12.4. The maximum Gasteiger partial charge on any atom is 0.417 e. The van der Waals surface area contributed by atoms with E-state index in [-0.39, 0.29) is 16.4 Å². The van der Waals surface area contributed by atoms with E-state index in [2.05, 4.69) is 16.0 Å². The van der Waals surface area contributed by atoms with Crippen molar-refractivity contribution in [2.75, 3.05) is 29.2 Å². The molecule has 188 valence electrons. The largest absolute Gasteiger partial charge is 0.492 e. The molecule has 0 fully saturated rings. The Hall–Kier alpha value is -4.02. The first-order chi connectivity index (χ1) is 17.3. The van der Waals surface area contributed by atoms with Gasteiger partial charge in [-0.2, -0.15) is 0 Å². The number of hydrogen-bond donors (Lipinski definition) is 4. The van der Waals surface area contributed by atoms with Gasteiger partial charge >= 0.3 is 6.09 Å². The molecular weight excluding hydrogens is 504 g/mol. The first-order valence-corrected chi connectivity index (χ1v) is 11.7. The number of para-hydroxylation sites is 1. The Labute approximate surface area is 218 Å². The fourth-order valence-corrected chi connectivity index (χ4v) is 3.58. The number of benzene rings is 3. The van der Waals surface area contributed by atoms with Gasteiger partial charge in [0.15, 0.2) is 5.11 Å². The van der Waals surface area contributed by atoms with E-state index < -0.39 is 12.0 Å². The third-order valence-electron chi connectivity index (χ3n) is 4.62. The van der Waals surface area contributed by atoms with Crippen LogP contribution in [0.1, 0.15) is 24.2 Å².